The van der Waals surface area contributed by atoms with Crippen LogP contribution in [0.4, 0.5) is 0 Å². The summed E-state index contributed by atoms with van der Waals surface area (Å²) in [5.74, 6) is -0.650. The number of carbonyl (C=O) groups is 2. The van der Waals surface area contributed by atoms with E-state index >= 15 is 0 Å². The average Bonchev–Trinajstić information content (AvgIpc) is 2.77. The number of nitrogens with zero attached hydrogens (tertiary/aromatic N) is 1. The van der Waals surface area contributed by atoms with Crippen LogP contribution in [0.1, 0.15) is 52.5 Å². The predicted molar refractivity (Wildman–Crippen MR) is 125 cm³/mol. The summed E-state index contributed by atoms with van der Waals surface area (Å²) in [6, 6.07) is 11.1. The summed E-state index contributed by atoms with van der Waals surface area (Å²) in [4.78, 5) is 24.9. The lowest BCUT2D eigenvalue weighted by molar-refractivity contribution is 0.0927. The summed E-state index contributed by atoms with van der Waals surface area (Å²) in [6.45, 7) is 4.60. The zero-order valence-corrected chi connectivity index (χ0v) is 19.8. The lowest BCUT2D eigenvalue weighted by atomic mass is 10.1. The Bertz CT molecular complexity index is 1090. The van der Waals surface area contributed by atoms with E-state index in [9.17, 15) is 18.0 Å². The zero-order chi connectivity index (χ0) is 23.3. The van der Waals surface area contributed by atoms with Crippen molar-refractivity contribution in [3.8, 4) is 0 Å². The Morgan fingerprint density at radius 1 is 1.03 bits per heavy atom. The van der Waals surface area contributed by atoms with Crippen molar-refractivity contribution in [1.82, 2.24) is 14.9 Å². The minimum Gasteiger partial charge on any atom is -0.350 e. The number of amides is 2. The number of aryl methyl sites for hydroxylation is 1. The second-order valence-corrected chi connectivity index (χ2v) is 10.3. The molecule has 0 aromatic heterocycles. The van der Waals surface area contributed by atoms with Crippen molar-refractivity contribution in [1.29, 1.82) is 0 Å². The van der Waals surface area contributed by atoms with Crippen LogP contribution in [0.15, 0.2) is 47.4 Å². The van der Waals surface area contributed by atoms with Gasteiger partial charge in [0.05, 0.1) is 4.90 Å². The summed E-state index contributed by atoms with van der Waals surface area (Å²) in [6.07, 6.45) is 2.69. The smallest absolute Gasteiger partial charge is 0.251 e. The molecule has 1 saturated heterocycles. The molecule has 1 atom stereocenters. The number of hydrogen-bond acceptors (Lipinski definition) is 4. The van der Waals surface area contributed by atoms with Crippen LogP contribution in [-0.4, -0.2) is 50.2 Å². The lowest BCUT2D eigenvalue weighted by Gasteiger charge is -2.32. The fraction of sp³-hybridized carbons (Fsp3) is 0.391. The highest BCUT2D eigenvalue weighted by atomic mass is 35.5. The van der Waals surface area contributed by atoms with Gasteiger partial charge in [0, 0.05) is 41.8 Å². The molecule has 32 heavy (non-hydrogen) atoms. The molecule has 7 nitrogen and oxygen atoms in total. The van der Waals surface area contributed by atoms with Crippen molar-refractivity contribution in [3.63, 3.8) is 0 Å². The van der Waals surface area contributed by atoms with E-state index < -0.39 is 10.0 Å². The van der Waals surface area contributed by atoms with Gasteiger partial charge in [-0.15, -0.1) is 0 Å². The lowest BCUT2D eigenvalue weighted by Crippen LogP contribution is -2.42. The monoisotopic (exact) mass is 477 g/mol. The summed E-state index contributed by atoms with van der Waals surface area (Å²) in [5, 5.41) is 6.01. The van der Waals surface area contributed by atoms with Gasteiger partial charge in [-0.2, -0.15) is 4.31 Å². The van der Waals surface area contributed by atoms with Gasteiger partial charge in [0.2, 0.25) is 10.0 Å². The molecule has 2 amide bonds. The minimum absolute atomic E-state index is 0.0587. The molecule has 9 heteroatoms. The van der Waals surface area contributed by atoms with Gasteiger partial charge >= 0.3 is 0 Å². The van der Waals surface area contributed by atoms with E-state index in [1.165, 1.54) is 10.4 Å². The SMILES string of the molecule is Cc1ccc(S(=O)(=O)N2CCCCC2C)cc1C(=O)NCCNC(=O)c1ccc(Cl)cc1. The minimum atomic E-state index is -3.67. The number of halogens is 1. The first-order valence-electron chi connectivity index (χ1n) is 10.6. The molecule has 1 heterocycles. The third kappa shape index (κ3) is 5.68. The van der Waals surface area contributed by atoms with E-state index in [-0.39, 0.29) is 35.8 Å². The highest BCUT2D eigenvalue weighted by Crippen LogP contribution is 2.26. The van der Waals surface area contributed by atoms with Gasteiger partial charge < -0.3 is 10.6 Å². The standard InChI is InChI=1S/C23H28ClN3O4S/c1-16-6-11-20(32(30,31)27-14-4-3-5-17(27)2)15-21(16)23(29)26-13-12-25-22(28)18-7-9-19(24)10-8-18/h6-11,15,17H,3-5,12-14H2,1-2H3,(H,25,28)(H,26,29). The number of sulfonamides is 1. The predicted octanol–water partition coefficient (Wildman–Crippen LogP) is 3.37. The quantitative estimate of drug-likeness (QED) is 0.597. The van der Waals surface area contributed by atoms with Crippen molar-refractivity contribution in [3.05, 3.63) is 64.2 Å². The van der Waals surface area contributed by atoms with Crippen LogP contribution in [-0.2, 0) is 10.0 Å². The highest BCUT2D eigenvalue weighted by molar-refractivity contribution is 7.89. The van der Waals surface area contributed by atoms with E-state index in [0.717, 1.165) is 19.3 Å². The number of piperidine rings is 1. The molecule has 0 radical (unpaired) electrons. The van der Waals surface area contributed by atoms with Gasteiger partial charge in [-0.1, -0.05) is 24.1 Å². The number of rotatable bonds is 7. The normalized spacial score (nSPS) is 17.0. The Kier molecular flexibility index (Phi) is 7.92. The molecule has 2 aromatic carbocycles. The molecule has 3 rings (SSSR count). The number of nitrogens with one attached hydrogen (secondary N) is 2. The third-order valence-electron chi connectivity index (χ3n) is 5.60. The molecule has 1 aliphatic rings. The van der Waals surface area contributed by atoms with Crippen molar-refractivity contribution >= 4 is 33.4 Å². The third-order valence-corrected chi connectivity index (χ3v) is 7.87. The zero-order valence-electron chi connectivity index (χ0n) is 18.2. The van der Waals surface area contributed by atoms with Crippen LogP contribution in [0.5, 0.6) is 0 Å². The first-order valence-corrected chi connectivity index (χ1v) is 12.5. The van der Waals surface area contributed by atoms with E-state index in [1.54, 1.807) is 43.3 Å². The molecule has 0 spiro atoms. The van der Waals surface area contributed by atoms with Crippen molar-refractivity contribution in [2.45, 2.75) is 44.0 Å². The second-order valence-electron chi connectivity index (χ2n) is 7.96. The van der Waals surface area contributed by atoms with Gasteiger partial charge in [0.25, 0.3) is 11.8 Å². The average molecular weight is 478 g/mol. The summed E-state index contributed by atoms with van der Waals surface area (Å²) in [7, 11) is -3.67. The molecule has 1 unspecified atom stereocenters. The maximum absolute atomic E-state index is 13.1. The largest absolute Gasteiger partial charge is 0.350 e. The van der Waals surface area contributed by atoms with E-state index in [0.29, 0.717) is 28.3 Å². The number of benzene rings is 2. The maximum Gasteiger partial charge on any atom is 0.251 e. The Morgan fingerprint density at radius 2 is 1.69 bits per heavy atom. The topological polar surface area (TPSA) is 95.6 Å². The van der Waals surface area contributed by atoms with Crippen LogP contribution in [0, 0.1) is 6.92 Å². The van der Waals surface area contributed by atoms with Gasteiger partial charge in [-0.05, 0) is 68.7 Å². The van der Waals surface area contributed by atoms with Crippen molar-refractivity contribution in [2.24, 2.45) is 0 Å². The first kappa shape index (κ1) is 24.2. The van der Waals surface area contributed by atoms with Gasteiger partial charge in [0.15, 0.2) is 0 Å². The molecule has 0 aliphatic carbocycles. The molecular weight excluding hydrogens is 450 g/mol. The van der Waals surface area contributed by atoms with Crippen molar-refractivity contribution in [2.75, 3.05) is 19.6 Å². The molecule has 1 aliphatic heterocycles. The second kappa shape index (κ2) is 10.5. The van der Waals surface area contributed by atoms with Crippen LogP contribution < -0.4 is 10.6 Å². The maximum atomic E-state index is 13.1. The van der Waals surface area contributed by atoms with Gasteiger partial charge in [0.1, 0.15) is 0 Å². The Labute approximate surface area is 194 Å². The first-order chi connectivity index (χ1) is 15.2. The molecule has 2 aromatic rings. The number of carbonyl (C=O) groups excluding carboxylic acids is 2. The van der Waals surface area contributed by atoms with E-state index in [1.807, 2.05) is 6.92 Å². The Morgan fingerprint density at radius 3 is 2.34 bits per heavy atom. The summed E-state index contributed by atoms with van der Waals surface area (Å²) < 4.78 is 27.7. The van der Waals surface area contributed by atoms with E-state index in [2.05, 4.69) is 10.6 Å². The Hall–Kier alpha value is -2.42. The highest BCUT2D eigenvalue weighted by Gasteiger charge is 2.31. The van der Waals surface area contributed by atoms with Gasteiger partial charge in [-0.25, -0.2) is 8.42 Å². The fourth-order valence-corrected chi connectivity index (χ4v) is 5.57. The van der Waals surface area contributed by atoms with Crippen molar-refractivity contribution < 1.29 is 18.0 Å². The van der Waals surface area contributed by atoms with Gasteiger partial charge in [-0.3, -0.25) is 9.59 Å². The van der Waals surface area contributed by atoms with Crippen LogP contribution in [0.3, 0.4) is 0 Å². The Balaban J connectivity index is 1.61. The van der Waals surface area contributed by atoms with E-state index in [4.69, 9.17) is 11.6 Å². The molecule has 2 N–H and O–H groups in total. The molecule has 0 bridgehead atoms. The summed E-state index contributed by atoms with van der Waals surface area (Å²) in [5.41, 5.74) is 1.46. The molecular formula is C23H28ClN3O4S. The number of hydrogen-bond donors (Lipinski definition) is 2. The van der Waals surface area contributed by atoms with Crippen LogP contribution >= 0.6 is 11.6 Å². The van der Waals surface area contributed by atoms with Crippen LogP contribution in [0.2, 0.25) is 5.02 Å². The molecule has 0 saturated carbocycles. The summed E-state index contributed by atoms with van der Waals surface area (Å²) >= 11 is 5.82. The molecule has 172 valence electrons. The molecule has 1 fully saturated rings. The van der Waals surface area contributed by atoms with Crippen LogP contribution in [0.25, 0.3) is 0 Å². The fourth-order valence-electron chi connectivity index (χ4n) is 3.72.